The van der Waals surface area contributed by atoms with E-state index in [0.29, 0.717) is 6.54 Å². The number of morpholine rings is 1. The number of carbonyl (C=O) groups excluding carboxylic acids is 1. The molecule has 0 spiro atoms. The van der Waals surface area contributed by atoms with E-state index in [-0.39, 0.29) is 11.6 Å². The molecular formula is C13H25N3O2. The molecule has 0 aromatic heterocycles. The Morgan fingerprint density at radius 3 is 2.39 bits per heavy atom. The number of nitrogens with zero attached hydrogens (tertiary/aromatic N) is 2. The van der Waals surface area contributed by atoms with Crippen LogP contribution in [0.1, 0.15) is 26.7 Å². The number of carbonyl (C=O) groups is 1. The number of amides is 2. The van der Waals surface area contributed by atoms with Crippen molar-refractivity contribution in [1.82, 2.24) is 15.1 Å². The van der Waals surface area contributed by atoms with Crippen LogP contribution in [0.2, 0.25) is 0 Å². The van der Waals surface area contributed by atoms with Gasteiger partial charge in [-0.3, -0.25) is 4.90 Å². The van der Waals surface area contributed by atoms with Gasteiger partial charge in [0.25, 0.3) is 0 Å². The third-order valence-electron chi connectivity index (χ3n) is 3.93. The van der Waals surface area contributed by atoms with E-state index in [1.165, 1.54) is 0 Å². The van der Waals surface area contributed by atoms with Crippen LogP contribution in [0.3, 0.4) is 0 Å². The molecule has 1 N–H and O–H groups in total. The lowest BCUT2D eigenvalue weighted by molar-refractivity contribution is -0.00899. The van der Waals surface area contributed by atoms with Gasteiger partial charge in [-0.1, -0.05) is 0 Å². The smallest absolute Gasteiger partial charge is 0.317 e. The Balaban J connectivity index is 1.78. The normalized spacial score (nSPS) is 22.2. The quantitative estimate of drug-likeness (QED) is 0.815. The van der Waals surface area contributed by atoms with Crippen LogP contribution in [0.25, 0.3) is 0 Å². The molecule has 0 unspecified atom stereocenters. The van der Waals surface area contributed by atoms with Gasteiger partial charge in [-0.15, -0.1) is 0 Å². The summed E-state index contributed by atoms with van der Waals surface area (Å²) in [6, 6.07) is 0.0915. The SMILES string of the molecule is CC(C)(CNC(=O)N1CCCC1)N1CCOCC1. The first kappa shape index (κ1) is 13.6. The number of hydrogen-bond acceptors (Lipinski definition) is 3. The molecule has 0 aliphatic carbocycles. The molecule has 0 atom stereocenters. The van der Waals surface area contributed by atoms with Gasteiger partial charge in [0.2, 0.25) is 0 Å². The fourth-order valence-corrected chi connectivity index (χ4v) is 2.60. The van der Waals surface area contributed by atoms with Crippen molar-refractivity contribution in [2.24, 2.45) is 0 Å². The van der Waals surface area contributed by atoms with E-state index >= 15 is 0 Å². The number of nitrogens with one attached hydrogen (secondary N) is 1. The molecule has 2 aliphatic rings. The summed E-state index contributed by atoms with van der Waals surface area (Å²) in [5.74, 6) is 0. The van der Waals surface area contributed by atoms with E-state index in [1.807, 2.05) is 4.90 Å². The van der Waals surface area contributed by atoms with E-state index in [2.05, 4.69) is 24.1 Å². The number of rotatable bonds is 3. The summed E-state index contributed by atoms with van der Waals surface area (Å²) < 4.78 is 5.36. The number of hydrogen-bond donors (Lipinski definition) is 1. The summed E-state index contributed by atoms with van der Waals surface area (Å²) in [4.78, 5) is 16.2. The highest BCUT2D eigenvalue weighted by atomic mass is 16.5. The summed E-state index contributed by atoms with van der Waals surface area (Å²) in [7, 11) is 0. The molecule has 0 aromatic carbocycles. The molecule has 2 saturated heterocycles. The van der Waals surface area contributed by atoms with E-state index in [9.17, 15) is 4.79 Å². The van der Waals surface area contributed by atoms with Gasteiger partial charge in [-0.25, -0.2) is 4.79 Å². The minimum Gasteiger partial charge on any atom is -0.379 e. The van der Waals surface area contributed by atoms with Crippen LogP contribution in [0.15, 0.2) is 0 Å². The maximum absolute atomic E-state index is 11.9. The molecule has 5 nitrogen and oxygen atoms in total. The molecule has 104 valence electrons. The third-order valence-corrected chi connectivity index (χ3v) is 3.93. The average Bonchev–Trinajstić information content (AvgIpc) is 2.91. The molecule has 2 aliphatic heterocycles. The van der Waals surface area contributed by atoms with E-state index < -0.39 is 0 Å². The van der Waals surface area contributed by atoms with Crippen molar-refractivity contribution in [3.8, 4) is 0 Å². The van der Waals surface area contributed by atoms with Crippen LogP contribution in [0, 0.1) is 0 Å². The fourth-order valence-electron chi connectivity index (χ4n) is 2.60. The summed E-state index contributed by atoms with van der Waals surface area (Å²) in [5.41, 5.74) is -0.000829. The van der Waals surface area contributed by atoms with E-state index in [1.54, 1.807) is 0 Å². The molecule has 2 fully saturated rings. The van der Waals surface area contributed by atoms with Crippen molar-refractivity contribution in [3.63, 3.8) is 0 Å². The highest BCUT2D eigenvalue weighted by molar-refractivity contribution is 5.74. The Morgan fingerprint density at radius 2 is 1.78 bits per heavy atom. The van der Waals surface area contributed by atoms with Crippen LogP contribution >= 0.6 is 0 Å². The molecule has 0 aromatic rings. The first-order valence-electron chi connectivity index (χ1n) is 6.95. The van der Waals surface area contributed by atoms with E-state index in [4.69, 9.17) is 4.74 Å². The first-order chi connectivity index (χ1) is 8.59. The maximum Gasteiger partial charge on any atom is 0.317 e. The Hall–Kier alpha value is -0.810. The van der Waals surface area contributed by atoms with Crippen molar-refractivity contribution >= 4 is 6.03 Å². The van der Waals surface area contributed by atoms with Crippen LogP contribution < -0.4 is 5.32 Å². The number of likely N-dealkylation sites (tertiary alicyclic amines) is 1. The summed E-state index contributed by atoms with van der Waals surface area (Å²) >= 11 is 0. The Morgan fingerprint density at radius 1 is 1.17 bits per heavy atom. The van der Waals surface area contributed by atoms with Gasteiger partial charge in [0.15, 0.2) is 0 Å². The van der Waals surface area contributed by atoms with Gasteiger partial charge in [-0.2, -0.15) is 0 Å². The zero-order valence-corrected chi connectivity index (χ0v) is 11.6. The molecule has 2 amide bonds. The standard InChI is InChI=1S/C13H25N3O2/c1-13(2,16-7-9-18-10-8-16)11-14-12(17)15-5-3-4-6-15/h3-11H2,1-2H3,(H,14,17). The monoisotopic (exact) mass is 255 g/mol. The van der Waals surface area contributed by atoms with Gasteiger partial charge < -0.3 is 15.0 Å². The minimum atomic E-state index is -0.000829. The zero-order chi connectivity index (χ0) is 13.0. The van der Waals surface area contributed by atoms with Crippen molar-refractivity contribution < 1.29 is 9.53 Å². The predicted octanol–water partition coefficient (Wildman–Crippen LogP) is 0.903. The van der Waals surface area contributed by atoms with Crippen molar-refractivity contribution in [1.29, 1.82) is 0 Å². The second-order valence-corrected chi connectivity index (χ2v) is 5.76. The number of ether oxygens (including phenoxy) is 1. The third kappa shape index (κ3) is 3.36. The van der Waals surface area contributed by atoms with Crippen LogP contribution in [0.4, 0.5) is 4.79 Å². The molecule has 2 rings (SSSR count). The lowest BCUT2D eigenvalue weighted by atomic mass is 10.0. The largest absolute Gasteiger partial charge is 0.379 e. The van der Waals surface area contributed by atoms with Gasteiger partial charge in [-0.05, 0) is 26.7 Å². The predicted molar refractivity (Wildman–Crippen MR) is 70.7 cm³/mol. The molecule has 0 radical (unpaired) electrons. The molecule has 5 heteroatoms. The zero-order valence-electron chi connectivity index (χ0n) is 11.6. The van der Waals surface area contributed by atoms with Gasteiger partial charge in [0.05, 0.1) is 13.2 Å². The molecule has 2 heterocycles. The molecule has 0 saturated carbocycles. The average molecular weight is 255 g/mol. The van der Waals surface area contributed by atoms with Crippen LogP contribution in [-0.4, -0.2) is 67.3 Å². The second-order valence-electron chi connectivity index (χ2n) is 5.76. The summed E-state index contributed by atoms with van der Waals surface area (Å²) in [6.07, 6.45) is 2.28. The second kappa shape index (κ2) is 5.89. The van der Waals surface area contributed by atoms with Gasteiger partial charge in [0.1, 0.15) is 0 Å². The highest BCUT2D eigenvalue weighted by Gasteiger charge is 2.29. The summed E-state index contributed by atoms with van der Waals surface area (Å²) in [5, 5.41) is 3.07. The molecule has 18 heavy (non-hydrogen) atoms. The Labute approximate surface area is 109 Å². The lowest BCUT2D eigenvalue weighted by Crippen LogP contribution is -2.56. The van der Waals surface area contributed by atoms with Gasteiger partial charge >= 0.3 is 6.03 Å². The van der Waals surface area contributed by atoms with E-state index in [0.717, 1.165) is 52.2 Å². The fraction of sp³-hybridized carbons (Fsp3) is 0.923. The highest BCUT2D eigenvalue weighted by Crippen LogP contribution is 2.15. The molecule has 0 bridgehead atoms. The number of urea groups is 1. The Bertz CT molecular complexity index is 282. The first-order valence-corrected chi connectivity index (χ1v) is 6.95. The van der Waals surface area contributed by atoms with Crippen molar-refractivity contribution in [2.75, 3.05) is 45.9 Å². The topological polar surface area (TPSA) is 44.8 Å². The van der Waals surface area contributed by atoms with Crippen LogP contribution in [-0.2, 0) is 4.74 Å². The van der Waals surface area contributed by atoms with Crippen LogP contribution in [0.5, 0.6) is 0 Å². The van der Waals surface area contributed by atoms with Gasteiger partial charge in [0, 0.05) is 38.3 Å². The summed E-state index contributed by atoms with van der Waals surface area (Å²) in [6.45, 7) is 10.4. The minimum absolute atomic E-state index is 0.000829. The van der Waals surface area contributed by atoms with Crippen molar-refractivity contribution in [3.05, 3.63) is 0 Å². The molecular weight excluding hydrogens is 230 g/mol. The Kier molecular flexibility index (Phi) is 4.45. The van der Waals surface area contributed by atoms with Crippen molar-refractivity contribution in [2.45, 2.75) is 32.2 Å². The maximum atomic E-state index is 11.9. The lowest BCUT2D eigenvalue weighted by Gasteiger charge is -2.41.